The van der Waals surface area contributed by atoms with Crippen molar-refractivity contribution < 1.29 is 0 Å². The third-order valence-corrected chi connectivity index (χ3v) is 2.86. The number of halogens is 1. The summed E-state index contributed by atoms with van der Waals surface area (Å²) >= 11 is 5.82. The molecular weight excluding hydrogens is 256 g/mol. The number of nitriles is 2. The van der Waals surface area contributed by atoms with Gasteiger partial charge in [-0.05, 0) is 41.5 Å². The molecule has 2 rings (SSSR count). The molecule has 0 radical (unpaired) electrons. The zero-order valence-electron chi connectivity index (χ0n) is 9.97. The number of hydrogen-bond donors (Lipinski definition) is 0. The van der Waals surface area contributed by atoms with Crippen LogP contribution in [-0.4, -0.2) is 0 Å². The molecule has 2 aromatic rings. The van der Waals surface area contributed by atoms with Crippen molar-refractivity contribution in [1.29, 1.82) is 10.5 Å². The van der Waals surface area contributed by atoms with Crippen LogP contribution in [0.15, 0.2) is 48.5 Å². The van der Waals surface area contributed by atoms with Crippen LogP contribution in [-0.2, 0) is 0 Å². The topological polar surface area (TPSA) is 47.6 Å². The van der Waals surface area contributed by atoms with Gasteiger partial charge in [-0.3, -0.25) is 0 Å². The van der Waals surface area contributed by atoms with Gasteiger partial charge >= 0.3 is 0 Å². The van der Waals surface area contributed by atoms with E-state index in [1.807, 2.05) is 18.2 Å². The fourth-order valence-electron chi connectivity index (χ4n) is 1.66. The van der Waals surface area contributed by atoms with Gasteiger partial charge in [0.25, 0.3) is 0 Å². The second-order valence-electron chi connectivity index (χ2n) is 3.91. The molecular formula is C16H9ClN2. The molecule has 0 aliphatic carbocycles. The molecule has 0 aliphatic heterocycles. The van der Waals surface area contributed by atoms with Crippen LogP contribution in [0.5, 0.6) is 0 Å². The van der Waals surface area contributed by atoms with Crippen LogP contribution in [0.4, 0.5) is 0 Å². The molecule has 0 fully saturated rings. The fraction of sp³-hybridized carbons (Fsp3) is 0. The summed E-state index contributed by atoms with van der Waals surface area (Å²) < 4.78 is 0. The first-order valence-electron chi connectivity index (χ1n) is 5.61. The van der Waals surface area contributed by atoms with Crippen molar-refractivity contribution in [1.82, 2.24) is 0 Å². The molecule has 3 heteroatoms. The highest BCUT2D eigenvalue weighted by molar-refractivity contribution is 6.30. The Morgan fingerprint density at radius 2 is 1.79 bits per heavy atom. The first-order valence-corrected chi connectivity index (χ1v) is 5.98. The molecule has 0 heterocycles. The molecule has 0 saturated heterocycles. The van der Waals surface area contributed by atoms with Crippen molar-refractivity contribution in [3.63, 3.8) is 0 Å². The van der Waals surface area contributed by atoms with Gasteiger partial charge in [0, 0.05) is 5.02 Å². The number of nitrogens with zero attached hydrogens (tertiary/aromatic N) is 2. The lowest BCUT2D eigenvalue weighted by atomic mass is 10.0. The minimum atomic E-state index is 0.513. The predicted octanol–water partition coefficient (Wildman–Crippen LogP) is 4.28. The fourth-order valence-corrected chi connectivity index (χ4v) is 1.79. The van der Waals surface area contributed by atoms with Gasteiger partial charge in [0.1, 0.15) is 0 Å². The summed E-state index contributed by atoms with van der Waals surface area (Å²) in [6.45, 7) is 0. The molecule has 0 bridgehead atoms. The van der Waals surface area contributed by atoms with Crippen molar-refractivity contribution in [2.75, 3.05) is 0 Å². The maximum absolute atomic E-state index is 9.23. The van der Waals surface area contributed by atoms with Gasteiger partial charge in [0.2, 0.25) is 0 Å². The average molecular weight is 265 g/mol. The number of rotatable bonds is 2. The largest absolute Gasteiger partial charge is 0.192 e. The summed E-state index contributed by atoms with van der Waals surface area (Å²) in [6, 6.07) is 18.4. The van der Waals surface area contributed by atoms with Gasteiger partial charge in [0.05, 0.1) is 23.3 Å². The number of hydrogen-bond acceptors (Lipinski definition) is 2. The molecule has 0 atom stereocenters. The molecule has 0 spiro atoms. The second-order valence-corrected chi connectivity index (χ2v) is 4.35. The highest BCUT2D eigenvalue weighted by atomic mass is 35.5. The summed E-state index contributed by atoms with van der Waals surface area (Å²) in [5, 5.41) is 18.8. The molecule has 0 amide bonds. The third-order valence-electron chi connectivity index (χ3n) is 2.60. The van der Waals surface area contributed by atoms with E-state index in [9.17, 15) is 5.26 Å². The lowest BCUT2D eigenvalue weighted by Crippen LogP contribution is -1.84. The van der Waals surface area contributed by atoms with Crippen LogP contribution in [0.2, 0.25) is 5.02 Å². The Bertz CT molecular complexity index is 701. The maximum atomic E-state index is 9.23. The molecule has 0 aliphatic rings. The quantitative estimate of drug-likeness (QED) is 0.600. The second kappa shape index (κ2) is 5.87. The monoisotopic (exact) mass is 264 g/mol. The molecule has 2 nitrogen and oxygen atoms in total. The Morgan fingerprint density at radius 1 is 1.05 bits per heavy atom. The zero-order valence-corrected chi connectivity index (χ0v) is 10.7. The summed E-state index contributed by atoms with van der Waals surface area (Å²) in [7, 11) is 0. The number of allylic oxidation sites excluding steroid dienone is 1. The molecule has 0 N–H and O–H groups in total. The van der Waals surface area contributed by atoms with E-state index in [2.05, 4.69) is 12.1 Å². The van der Waals surface area contributed by atoms with E-state index in [-0.39, 0.29) is 0 Å². The summed E-state index contributed by atoms with van der Waals surface area (Å²) in [5.74, 6) is 0. The maximum Gasteiger partial charge on any atom is 0.0998 e. The van der Waals surface area contributed by atoms with Gasteiger partial charge in [-0.2, -0.15) is 10.5 Å². The van der Waals surface area contributed by atoms with Crippen LogP contribution in [0.1, 0.15) is 16.7 Å². The third kappa shape index (κ3) is 3.22. The Morgan fingerprint density at radius 3 is 2.42 bits per heavy atom. The van der Waals surface area contributed by atoms with Crippen molar-refractivity contribution in [2.45, 2.75) is 0 Å². The van der Waals surface area contributed by atoms with Gasteiger partial charge in [-0.1, -0.05) is 35.9 Å². The van der Waals surface area contributed by atoms with E-state index in [4.69, 9.17) is 16.9 Å². The molecule has 0 unspecified atom stereocenters. The smallest absolute Gasteiger partial charge is 0.0998 e. The van der Waals surface area contributed by atoms with Crippen LogP contribution in [0.25, 0.3) is 11.6 Å². The lowest BCUT2D eigenvalue weighted by molar-refractivity contribution is 1.47. The van der Waals surface area contributed by atoms with E-state index in [0.29, 0.717) is 16.2 Å². The van der Waals surface area contributed by atoms with Gasteiger partial charge in [-0.25, -0.2) is 0 Å². The SMILES string of the molecule is N#CC(=Cc1ccc(Cl)cc1)c1cccc(C#N)c1. The van der Waals surface area contributed by atoms with E-state index >= 15 is 0 Å². The Kier molecular flexibility index (Phi) is 3.98. The van der Waals surface area contributed by atoms with Crippen molar-refractivity contribution >= 4 is 23.3 Å². The van der Waals surface area contributed by atoms with E-state index in [1.54, 1.807) is 36.4 Å². The van der Waals surface area contributed by atoms with Crippen molar-refractivity contribution in [2.24, 2.45) is 0 Å². The summed E-state index contributed by atoms with van der Waals surface area (Å²) in [4.78, 5) is 0. The van der Waals surface area contributed by atoms with Gasteiger partial charge < -0.3 is 0 Å². The minimum absolute atomic E-state index is 0.513. The normalized spacial score (nSPS) is 10.6. The van der Waals surface area contributed by atoms with Crippen LogP contribution < -0.4 is 0 Å². The van der Waals surface area contributed by atoms with Gasteiger partial charge in [-0.15, -0.1) is 0 Å². The summed E-state index contributed by atoms with van der Waals surface area (Å²) in [6.07, 6.45) is 1.77. The molecule has 2 aromatic carbocycles. The standard InChI is InChI=1S/C16H9ClN2/c17-16-6-4-12(5-7-16)8-15(11-19)14-3-1-2-13(9-14)10-18/h1-9H. The predicted molar refractivity (Wildman–Crippen MR) is 76.1 cm³/mol. The first-order chi connectivity index (χ1) is 9.22. The number of benzene rings is 2. The van der Waals surface area contributed by atoms with Crippen molar-refractivity contribution in [3.8, 4) is 12.1 Å². The van der Waals surface area contributed by atoms with E-state index < -0.39 is 0 Å². The van der Waals surface area contributed by atoms with Crippen molar-refractivity contribution in [3.05, 3.63) is 70.2 Å². The zero-order chi connectivity index (χ0) is 13.7. The molecule has 90 valence electrons. The molecule has 0 saturated carbocycles. The molecule has 19 heavy (non-hydrogen) atoms. The van der Waals surface area contributed by atoms with Crippen LogP contribution in [0, 0.1) is 22.7 Å². The highest BCUT2D eigenvalue weighted by Crippen LogP contribution is 2.19. The van der Waals surface area contributed by atoms with Crippen LogP contribution in [0.3, 0.4) is 0 Å². The minimum Gasteiger partial charge on any atom is -0.192 e. The van der Waals surface area contributed by atoms with Crippen LogP contribution >= 0.6 is 11.6 Å². The van der Waals surface area contributed by atoms with E-state index in [0.717, 1.165) is 11.1 Å². The molecule has 0 aromatic heterocycles. The van der Waals surface area contributed by atoms with E-state index in [1.165, 1.54) is 0 Å². The lowest BCUT2D eigenvalue weighted by Gasteiger charge is -2.00. The summed E-state index contributed by atoms with van der Waals surface area (Å²) in [5.41, 5.74) is 2.67. The first kappa shape index (κ1) is 12.9. The average Bonchev–Trinajstić information content (AvgIpc) is 2.46. The highest BCUT2D eigenvalue weighted by Gasteiger charge is 2.02. The van der Waals surface area contributed by atoms with Gasteiger partial charge in [0.15, 0.2) is 0 Å². The Labute approximate surface area is 116 Å². The Hall–Kier alpha value is -2.55. The Balaban J connectivity index is 2.42.